The summed E-state index contributed by atoms with van der Waals surface area (Å²) in [6.45, 7) is 1.48. The number of hydrogen-bond donors (Lipinski definition) is 2. The number of anilines is 1. The Labute approximate surface area is 233 Å². The summed E-state index contributed by atoms with van der Waals surface area (Å²) in [5.41, 5.74) is 2.51. The fourth-order valence-electron chi connectivity index (χ4n) is 4.45. The molecule has 1 heterocycles. The summed E-state index contributed by atoms with van der Waals surface area (Å²) >= 11 is 1.49. The highest BCUT2D eigenvalue weighted by Crippen LogP contribution is 2.45. The fourth-order valence-corrected chi connectivity index (χ4v) is 5.80. The molecule has 3 atom stereocenters. The molecule has 0 saturated carbocycles. The Kier molecular flexibility index (Phi) is 10.8. The van der Waals surface area contributed by atoms with Gasteiger partial charge in [-0.25, -0.2) is 0 Å². The van der Waals surface area contributed by atoms with Gasteiger partial charge in [0.05, 0.1) is 17.5 Å². The molecule has 0 aliphatic carbocycles. The second kappa shape index (κ2) is 14.0. The van der Waals surface area contributed by atoms with Crippen molar-refractivity contribution in [3.63, 3.8) is 0 Å². The molecule has 2 N–H and O–H groups in total. The fraction of sp³-hybridized carbons (Fsp3) is 0.276. The Hall–Kier alpha value is -3.33. The van der Waals surface area contributed by atoms with Crippen molar-refractivity contribution in [2.24, 2.45) is 0 Å². The maximum atomic E-state index is 14.1. The summed E-state index contributed by atoms with van der Waals surface area (Å²) in [6, 6.07) is 25.1. The van der Waals surface area contributed by atoms with Gasteiger partial charge in [-0.3, -0.25) is 24.6 Å². The van der Waals surface area contributed by atoms with Crippen LogP contribution in [0.3, 0.4) is 0 Å². The minimum Gasteiger partial charge on any atom is -0.480 e. The van der Waals surface area contributed by atoms with Crippen molar-refractivity contribution in [2.45, 2.75) is 42.0 Å². The Morgan fingerprint density at radius 3 is 2.29 bits per heavy atom. The average molecular weight is 555 g/mol. The quantitative estimate of drug-likeness (QED) is 0.344. The van der Waals surface area contributed by atoms with Crippen LogP contribution in [0.5, 0.6) is 0 Å². The number of carboxylic acid groups (broad SMARTS) is 1. The van der Waals surface area contributed by atoms with Gasteiger partial charge in [-0.05, 0) is 43.0 Å². The van der Waals surface area contributed by atoms with E-state index in [0.717, 1.165) is 16.0 Å². The van der Waals surface area contributed by atoms with Crippen molar-refractivity contribution in [2.75, 3.05) is 18.1 Å². The molecule has 0 radical (unpaired) electrons. The normalized spacial score (nSPS) is 17.5. The van der Waals surface area contributed by atoms with Gasteiger partial charge in [-0.2, -0.15) is 0 Å². The SMILES string of the molecule is CCOC(=O)C(CCc1ccccc1)NC1C(=O)N(CC(=O)O)c2ccccc2SC1c1ccccc1.Cl. The number of carboxylic acids is 1. The van der Waals surface area contributed by atoms with E-state index in [1.54, 1.807) is 19.1 Å². The Bertz CT molecular complexity index is 1230. The highest BCUT2D eigenvalue weighted by atomic mass is 35.5. The average Bonchev–Trinajstić information content (AvgIpc) is 3.02. The molecule has 1 aliphatic rings. The third kappa shape index (κ3) is 7.16. The number of hydrogen-bond acceptors (Lipinski definition) is 6. The van der Waals surface area contributed by atoms with Crippen LogP contribution in [0.4, 0.5) is 5.69 Å². The Balaban J connectivity index is 0.00000400. The number of thioether (sulfide) groups is 1. The maximum absolute atomic E-state index is 14.1. The predicted molar refractivity (Wildman–Crippen MR) is 151 cm³/mol. The molecular formula is C29H31ClN2O5S. The number of rotatable bonds is 10. The molecule has 0 fully saturated rings. The van der Waals surface area contributed by atoms with E-state index < -0.39 is 41.7 Å². The van der Waals surface area contributed by atoms with Gasteiger partial charge >= 0.3 is 11.9 Å². The van der Waals surface area contributed by atoms with Gasteiger partial charge in [0.1, 0.15) is 18.6 Å². The van der Waals surface area contributed by atoms with Crippen LogP contribution in [0.2, 0.25) is 0 Å². The molecule has 0 aromatic heterocycles. The summed E-state index contributed by atoms with van der Waals surface area (Å²) in [7, 11) is 0. The largest absolute Gasteiger partial charge is 0.480 e. The van der Waals surface area contributed by atoms with Gasteiger partial charge in [0.2, 0.25) is 5.91 Å². The monoisotopic (exact) mass is 554 g/mol. The van der Waals surface area contributed by atoms with E-state index >= 15 is 0 Å². The summed E-state index contributed by atoms with van der Waals surface area (Å²) in [6.07, 6.45) is 1.03. The van der Waals surface area contributed by atoms with Crippen molar-refractivity contribution >= 4 is 47.7 Å². The van der Waals surface area contributed by atoms with Crippen LogP contribution < -0.4 is 10.2 Å². The zero-order valence-corrected chi connectivity index (χ0v) is 22.6. The number of aryl methyl sites for hydroxylation is 1. The summed E-state index contributed by atoms with van der Waals surface area (Å²) < 4.78 is 5.37. The number of fused-ring (bicyclic) bond motifs is 1. The van der Waals surface area contributed by atoms with Gasteiger partial charge in [0.15, 0.2) is 0 Å². The number of carbonyl (C=O) groups is 3. The van der Waals surface area contributed by atoms with E-state index in [4.69, 9.17) is 4.74 Å². The standard InChI is InChI=1S/C29H30N2O5S.ClH/c1-2-36-29(35)22(18-17-20-11-5-3-6-12-20)30-26-27(21-13-7-4-8-14-21)37-24-16-10-9-15-23(24)31(28(26)34)19-25(32)33;/h3-16,22,26-27,30H,2,17-19H2,1H3,(H,32,33);1H. The van der Waals surface area contributed by atoms with Crippen LogP contribution in [0.25, 0.3) is 0 Å². The molecule has 9 heteroatoms. The molecule has 1 aliphatic heterocycles. The number of ether oxygens (including phenoxy) is 1. The highest BCUT2D eigenvalue weighted by Gasteiger charge is 2.41. The topological polar surface area (TPSA) is 95.9 Å². The van der Waals surface area contributed by atoms with Crippen LogP contribution in [-0.2, 0) is 25.5 Å². The molecule has 4 rings (SSSR count). The first kappa shape index (κ1) is 29.2. The summed E-state index contributed by atoms with van der Waals surface area (Å²) in [5.74, 6) is -1.95. The minimum absolute atomic E-state index is 0. The van der Waals surface area contributed by atoms with E-state index in [1.807, 2.05) is 72.8 Å². The van der Waals surface area contributed by atoms with Gasteiger partial charge in [-0.1, -0.05) is 72.8 Å². The van der Waals surface area contributed by atoms with E-state index in [1.165, 1.54) is 16.7 Å². The first-order valence-corrected chi connectivity index (χ1v) is 13.2. The Morgan fingerprint density at radius 2 is 1.63 bits per heavy atom. The molecule has 3 aromatic carbocycles. The number of benzene rings is 3. The molecule has 1 amide bonds. The number of nitrogens with zero attached hydrogens (tertiary/aromatic N) is 1. The molecule has 38 heavy (non-hydrogen) atoms. The van der Waals surface area contributed by atoms with Crippen LogP contribution in [0.15, 0.2) is 89.8 Å². The predicted octanol–water partition coefficient (Wildman–Crippen LogP) is 4.90. The molecular weight excluding hydrogens is 524 g/mol. The van der Waals surface area contributed by atoms with Gasteiger partial charge < -0.3 is 9.84 Å². The third-order valence-corrected chi connectivity index (χ3v) is 7.58. The van der Waals surface area contributed by atoms with Crippen LogP contribution in [0.1, 0.15) is 29.7 Å². The molecule has 0 saturated heterocycles. The highest BCUT2D eigenvalue weighted by molar-refractivity contribution is 7.99. The lowest BCUT2D eigenvalue weighted by molar-refractivity contribution is -0.146. The Morgan fingerprint density at radius 1 is 1.00 bits per heavy atom. The number of carbonyl (C=O) groups excluding carboxylic acids is 2. The number of para-hydroxylation sites is 1. The maximum Gasteiger partial charge on any atom is 0.323 e. The summed E-state index contributed by atoms with van der Waals surface area (Å²) in [4.78, 5) is 41.0. The lowest BCUT2D eigenvalue weighted by atomic mass is 10.00. The first-order chi connectivity index (χ1) is 18.0. The molecule has 0 bridgehead atoms. The number of aliphatic carboxylic acids is 1. The molecule has 3 aromatic rings. The zero-order valence-electron chi connectivity index (χ0n) is 21.0. The van der Waals surface area contributed by atoms with E-state index in [2.05, 4.69) is 5.32 Å². The molecule has 7 nitrogen and oxygen atoms in total. The minimum atomic E-state index is -1.11. The number of amides is 1. The van der Waals surface area contributed by atoms with Crippen LogP contribution in [-0.4, -0.2) is 48.2 Å². The van der Waals surface area contributed by atoms with Crippen molar-refractivity contribution in [3.05, 3.63) is 96.1 Å². The van der Waals surface area contributed by atoms with E-state index in [9.17, 15) is 19.5 Å². The number of esters is 1. The molecule has 200 valence electrons. The van der Waals surface area contributed by atoms with Crippen LogP contribution >= 0.6 is 24.2 Å². The zero-order chi connectivity index (χ0) is 26.2. The first-order valence-electron chi connectivity index (χ1n) is 12.3. The second-order valence-corrected chi connectivity index (χ2v) is 9.89. The van der Waals surface area contributed by atoms with E-state index in [-0.39, 0.29) is 19.0 Å². The second-order valence-electron chi connectivity index (χ2n) is 8.71. The van der Waals surface area contributed by atoms with Crippen molar-refractivity contribution in [1.82, 2.24) is 5.32 Å². The van der Waals surface area contributed by atoms with Gasteiger partial charge in [0.25, 0.3) is 0 Å². The van der Waals surface area contributed by atoms with Crippen molar-refractivity contribution < 1.29 is 24.2 Å². The lowest BCUT2D eigenvalue weighted by Crippen LogP contribution is -2.54. The molecule has 3 unspecified atom stereocenters. The third-order valence-electron chi connectivity index (χ3n) is 6.18. The van der Waals surface area contributed by atoms with Gasteiger partial charge in [-0.15, -0.1) is 24.2 Å². The van der Waals surface area contributed by atoms with Crippen LogP contribution in [0, 0.1) is 0 Å². The van der Waals surface area contributed by atoms with Gasteiger partial charge in [0, 0.05) is 4.90 Å². The molecule has 0 spiro atoms. The summed E-state index contributed by atoms with van der Waals surface area (Å²) in [5, 5.41) is 12.5. The number of nitrogens with one attached hydrogen (secondary N) is 1. The van der Waals surface area contributed by atoms with E-state index in [0.29, 0.717) is 18.5 Å². The lowest BCUT2D eigenvalue weighted by Gasteiger charge is -2.31. The smallest absolute Gasteiger partial charge is 0.323 e. The number of halogens is 1. The van der Waals surface area contributed by atoms with Crippen molar-refractivity contribution in [3.8, 4) is 0 Å². The van der Waals surface area contributed by atoms with Crippen molar-refractivity contribution in [1.29, 1.82) is 0 Å².